The molecule has 1 aliphatic heterocycles. The molecule has 0 unspecified atom stereocenters. The van der Waals surface area contributed by atoms with Gasteiger partial charge < -0.3 is 23.7 Å². The number of allylic oxidation sites excluding steroid dienone is 1. The Bertz CT molecular complexity index is 2250. The normalized spacial score (nSPS) is 14.4. The second-order valence-corrected chi connectivity index (χ2v) is 12.7. The molecule has 0 radical (unpaired) electrons. The Morgan fingerprint density at radius 1 is 0.958 bits per heavy atom. The highest BCUT2D eigenvalue weighted by molar-refractivity contribution is 9.10. The zero-order valence-electron chi connectivity index (χ0n) is 27.0. The summed E-state index contributed by atoms with van der Waals surface area (Å²) in [6, 6.07) is 22.4. The van der Waals surface area contributed by atoms with Crippen LogP contribution >= 0.6 is 27.3 Å². The first-order chi connectivity index (χ1) is 23.3. The molecular formula is C37H33BrN2O7S. The number of aromatic nitrogens is 1. The van der Waals surface area contributed by atoms with E-state index in [9.17, 15) is 9.59 Å². The molecule has 48 heavy (non-hydrogen) atoms. The number of thiazole rings is 1. The van der Waals surface area contributed by atoms with Gasteiger partial charge in [-0.1, -0.05) is 81.9 Å². The van der Waals surface area contributed by atoms with Crippen molar-refractivity contribution in [2.75, 3.05) is 27.9 Å². The highest BCUT2D eigenvalue weighted by Crippen LogP contribution is 2.41. The van der Waals surface area contributed by atoms with Gasteiger partial charge in [-0.15, -0.1) is 0 Å². The van der Waals surface area contributed by atoms with Crippen LogP contribution in [0.15, 0.2) is 98.3 Å². The Hall–Kier alpha value is -4.87. The fraction of sp³-hybridized carbons (Fsp3) is 0.216. The Morgan fingerprint density at radius 3 is 2.42 bits per heavy atom. The number of carbonyl (C=O) groups excluding carboxylic acids is 1. The van der Waals surface area contributed by atoms with Crippen LogP contribution in [-0.4, -0.2) is 38.5 Å². The molecule has 0 fully saturated rings. The van der Waals surface area contributed by atoms with E-state index in [1.54, 1.807) is 46.3 Å². The van der Waals surface area contributed by atoms with Gasteiger partial charge in [-0.3, -0.25) is 9.36 Å². The van der Waals surface area contributed by atoms with Crippen LogP contribution in [0.2, 0.25) is 0 Å². The maximum absolute atomic E-state index is 14.4. The van der Waals surface area contributed by atoms with Crippen molar-refractivity contribution in [3.63, 3.8) is 0 Å². The minimum Gasteiger partial charge on any atom is -0.493 e. The lowest BCUT2D eigenvalue weighted by Gasteiger charge is -2.26. The van der Waals surface area contributed by atoms with Crippen molar-refractivity contribution in [1.82, 2.24) is 4.57 Å². The van der Waals surface area contributed by atoms with Gasteiger partial charge in [0.2, 0.25) is 0 Å². The van der Waals surface area contributed by atoms with Crippen molar-refractivity contribution in [3.8, 4) is 23.0 Å². The zero-order valence-corrected chi connectivity index (χ0v) is 29.4. The van der Waals surface area contributed by atoms with Crippen molar-refractivity contribution in [2.45, 2.75) is 26.5 Å². The summed E-state index contributed by atoms with van der Waals surface area (Å²) in [4.78, 5) is 32.9. The molecule has 1 aliphatic rings. The summed E-state index contributed by atoms with van der Waals surface area (Å²) >= 11 is 4.87. The number of halogens is 1. The number of rotatable bonds is 10. The first kappa shape index (κ1) is 33.0. The van der Waals surface area contributed by atoms with E-state index in [2.05, 4.69) is 34.1 Å². The zero-order chi connectivity index (χ0) is 33.9. The molecule has 0 saturated carbocycles. The first-order valence-electron chi connectivity index (χ1n) is 15.2. The van der Waals surface area contributed by atoms with Gasteiger partial charge >= 0.3 is 5.97 Å². The molecule has 0 saturated heterocycles. The standard InChI is InChI=1S/C37H33BrN2O7S/c1-6-46-36(42)32-21(2)39-37-40(33(32)26-18-29(44-4)30(45-5)19-27(26)38)35(41)31(48-37)17-23-13-10-16-28(43-3)34(23)47-20-24-14-9-12-22-11-7-8-15-25(22)24/h7-19,33H,6,20H2,1-5H3/b31-17-/t33-/m0/s1. The molecule has 0 bridgehead atoms. The van der Waals surface area contributed by atoms with Crippen LogP contribution in [0.1, 0.15) is 36.6 Å². The summed E-state index contributed by atoms with van der Waals surface area (Å²) in [6.07, 6.45) is 1.77. The number of esters is 1. The molecular weight excluding hydrogens is 696 g/mol. The van der Waals surface area contributed by atoms with Crippen LogP contribution in [0.4, 0.5) is 0 Å². The third-order valence-corrected chi connectivity index (χ3v) is 9.75. The quantitative estimate of drug-likeness (QED) is 0.155. The molecule has 11 heteroatoms. The SMILES string of the molecule is CCOC(=O)C1=C(C)N=c2s/c(=C\c3cccc(OC)c3OCc3cccc4ccccc34)c(=O)n2[C@H]1c1cc(OC)c(OC)cc1Br. The number of methoxy groups -OCH3 is 3. The second-order valence-electron chi connectivity index (χ2n) is 10.8. The number of carbonyl (C=O) groups is 1. The predicted molar refractivity (Wildman–Crippen MR) is 189 cm³/mol. The van der Waals surface area contributed by atoms with Gasteiger partial charge in [-0.25, -0.2) is 9.79 Å². The highest BCUT2D eigenvalue weighted by atomic mass is 79.9. The summed E-state index contributed by atoms with van der Waals surface area (Å²) in [6.45, 7) is 3.93. The molecule has 0 aliphatic carbocycles. The van der Waals surface area contributed by atoms with E-state index in [-0.39, 0.29) is 17.7 Å². The summed E-state index contributed by atoms with van der Waals surface area (Å²) in [5.41, 5.74) is 2.66. The largest absolute Gasteiger partial charge is 0.493 e. The summed E-state index contributed by atoms with van der Waals surface area (Å²) in [7, 11) is 4.65. The number of hydrogen-bond acceptors (Lipinski definition) is 9. The molecule has 0 spiro atoms. The lowest BCUT2D eigenvalue weighted by molar-refractivity contribution is -0.139. The average Bonchev–Trinajstić information content (AvgIpc) is 3.40. The monoisotopic (exact) mass is 728 g/mol. The molecule has 6 rings (SSSR count). The van der Waals surface area contributed by atoms with Crippen LogP contribution in [0.3, 0.4) is 0 Å². The van der Waals surface area contributed by atoms with Gasteiger partial charge in [0.25, 0.3) is 5.56 Å². The predicted octanol–water partition coefficient (Wildman–Crippen LogP) is 6.32. The van der Waals surface area contributed by atoms with E-state index in [1.165, 1.54) is 23.0 Å². The van der Waals surface area contributed by atoms with E-state index < -0.39 is 12.0 Å². The smallest absolute Gasteiger partial charge is 0.338 e. The van der Waals surface area contributed by atoms with Gasteiger partial charge in [-0.2, -0.15) is 0 Å². The minimum absolute atomic E-state index is 0.164. The molecule has 246 valence electrons. The third-order valence-electron chi connectivity index (χ3n) is 8.08. The first-order valence-corrected chi connectivity index (χ1v) is 16.8. The van der Waals surface area contributed by atoms with Gasteiger partial charge in [-0.05, 0) is 60.0 Å². The van der Waals surface area contributed by atoms with E-state index in [1.807, 2.05) is 42.5 Å². The fourth-order valence-corrected chi connectivity index (χ4v) is 7.41. The number of para-hydroxylation sites is 1. The fourth-order valence-electron chi connectivity index (χ4n) is 5.84. The highest BCUT2D eigenvalue weighted by Gasteiger charge is 2.35. The molecule has 4 aromatic carbocycles. The van der Waals surface area contributed by atoms with Crippen molar-refractivity contribution in [3.05, 3.63) is 125 Å². The van der Waals surface area contributed by atoms with E-state index in [0.717, 1.165) is 16.3 Å². The molecule has 0 N–H and O–H groups in total. The Morgan fingerprint density at radius 2 is 1.67 bits per heavy atom. The minimum atomic E-state index is -0.857. The van der Waals surface area contributed by atoms with Gasteiger partial charge in [0.05, 0.1) is 49.8 Å². The second kappa shape index (κ2) is 14.1. The maximum atomic E-state index is 14.4. The van der Waals surface area contributed by atoms with Crippen LogP contribution in [0.25, 0.3) is 16.8 Å². The van der Waals surface area contributed by atoms with Gasteiger partial charge in [0, 0.05) is 10.0 Å². The van der Waals surface area contributed by atoms with Crippen molar-refractivity contribution < 1.29 is 28.5 Å². The Labute approximate surface area is 289 Å². The number of fused-ring (bicyclic) bond motifs is 2. The van der Waals surface area contributed by atoms with Crippen molar-refractivity contribution in [1.29, 1.82) is 0 Å². The van der Waals surface area contributed by atoms with Crippen LogP contribution in [-0.2, 0) is 16.1 Å². The summed E-state index contributed by atoms with van der Waals surface area (Å²) < 4.78 is 31.2. The molecule has 0 amide bonds. The maximum Gasteiger partial charge on any atom is 0.338 e. The number of hydrogen-bond donors (Lipinski definition) is 0. The molecule has 1 aromatic heterocycles. The van der Waals surface area contributed by atoms with Gasteiger partial charge in [0.15, 0.2) is 27.8 Å². The molecule has 1 atom stereocenters. The summed E-state index contributed by atoms with van der Waals surface area (Å²) in [5.74, 6) is 1.41. The van der Waals surface area contributed by atoms with Crippen LogP contribution in [0, 0.1) is 0 Å². The number of nitrogens with zero attached hydrogens (tertiary/aromatic N) is 2. The van der Waals surface area contributed by atoms with Gasteiger partial charge in [0.1, 0.15) is 6.61 Å². The van der Waals surface area contributed by atoms with E-state index in [4.69, 9.17) is 28.7 Å². The Kier molecular flexibility index (Phi) is 9.70. The average molecular weight is 730 g/mol. The van der Waals surface area contributed by atoms with Crippen LogP contribution < -0.4 is 33.8 Å². The van der Waals surface area contributed by atoms with E-state index >= 15 is 0 Å². The summed E-state index contributed by atoms with van der Waals surface area (Å²) in [5, 5.41) is 2.21. The van der Waals surface area contributed by atoms with Crippen molar-refractivity contribution >= 4 is 50.1 Å². The topological polar surface area (TPSA) is 97.6 Å². The molecule has 9 nitrogen and oxygen atoms in total. The Balaban J connectivity index is 1.50. The third kappa shape index (κ3) is 6.11. The lowest BCUT2D eigenvalue weighted by Crippen LogP contribution is -2.40. The van der Waals surface area contributed by atoms with E-state index in [0.29, 0.717) is 60.2 Å². The van der Waals surface area contributed by atoms with Crippen LogP contribution in [0.5, 0.6) is 23.0 Å². The molecule has 2 heterocycles. The van der Waals surface area contributed by atoms with Crippen molar-refractivity contribution in [2.24, 2.45) is 4.99 Å². The number of benzene rings is 4. The lowest BCUT2D eigenvalue weighted by atomic mass is 9.95. The molecule has 5 aromatic rings. The number of ether oxygens (including phenoxy) is 5.